The first-order valence-electron chi connectivity index (χ1n) is 10.3. The van der Waals surface area contributed by atoms with Gasteiger partial charge >= 0.3 is 0 Å². The van der Waals surface area contributed by atoms with Crippen molar-refractivity contribution in [2.24, 2.45) is 0 Å². The molecule has 1 amide bonds. The molecule has 0 atom stereocenters. The monoisotopic (exact) mass is 460 g/mol. The summed E-state index contributed by atoms with van der Waals surface area (Å²) < 4.78 is 1.69. The maximum atomic E-state index is 13.4. The van der Waals surface area contributed by atoms with Crippen LogP contribution in [0.3, 0.4) is 0 Å². The Morgan fingerprint density at radius 2 is 1.84 bits per heavy atom. The molecule has 4 heterocycles. The predicted octanol–water partition coefficient (Wildman–Crippen LogP) is 4.01. The summed E-state index contributed by atoms with van der Waals surface area (Å²) in [5.74, 6) is 0.0381. The summed E-state index contributed by atoms with van der Waals surface area (Å²) in [6.07, 6.45) is 0. The smallest absolute Gasteiger partial charge is 0.271 e. The Labute approximate surface area is 193 Å². The van der Waals surface area contributed by atoms with Gasteiger partial charge in [0.05, 0.1) is 22.6 Å². The number of carbonyl (C=O) groups excluding carboxylic acids is 1. The molecular formula is C24H20N4O2S2. The molecule has 0 spiro atoms. The quantitative estimate of drug-likeness (QED) is 0.462. The van der Waals surface area contributed by atoms with Gasteiger partial charge in [-0.15, -0.1) is 11.3 Å². The van der Waals surface area contributed by atoms with E-state index in [1.807, 2.05) is 63.5 Å². The first-order valence-corrected chi connectivity index (χ1v) is 12.1. The Morgan fingerprint density at radius 3 is 2.53 bits per heavy atom. The molecule has 1 fully saturated rings. The number of nitriles is 1. The summed E-state index contributed by atoms with van der Waals surface area (Å²) in [5, 5.41) is 16.7. The van der Waals surface area contributed by atoms with Crippen molar-refractivity contribution in [1.29, 1.82) is 5.26 Å². The zero-order chi connectivity index (χ0) is 22.1. The van der Waals surface area contributed by atoms with Crippen molar-refractivity contribution in [3.05, 3.63) is 85.0 Å². The molecule has 5 rings (SSSR count). The fourth-order valence-corrected chi connectivity index (χ4v) is 5.58. The van der Waals surface area contributed by atoms with Crippen LogP contribution in [0.2, 0.25) is 0 Å². The van der Waals surface area contributed by atoms with E-state index in [4.69, 9.17) is 0 Å². The van der Waals surface area contributed by atoms with E-state index in [2.05, 4.69) is 11.0 Å². The molecule has 0 aliphatic carbocycles. The van der Waals surface area contributed by atoms with Crippen LogP contribution in [0.4, 0.5) is 5.69 Å². The zero-order valence-corrected chi connectivity index (χ0v) is 18.9. The molecule has 0 N–H and O–H groups in total. The summed E-state index contributed by atoms with van der Waals surface area (Å²) in [6.45, 7) is 2.68. The highest BCUT2D eigenvalue weighted by atomic mass is 32.1. The number of hydrogen-bond donors (Lipinski definition) is 0. The van der Waals surface area contributed by atoms with Crippen LogP contribution in [-0.4, -0.2) is 41.6 Å². The van der Waals surface area contributed by atoms with E-state index in [9.17, 15) is 14.9 Å². The Hall–Kier alpha value is -3.41. The van der Waals surface area contributed by atoms with Crippen LogP contribution in [0.15, 0.2) is 63.4 Å². The number of thiophene rings is 2. The lowest BCUT2D eigenvalue weighted by atomic mass is 10.1. The van der Waals surface area contributed by atoms with Gasteiger partial charge in [0.25, 0.3) is 11.5 Å². The molecule has 1 aliphatic heterocycles. The molecule has 0 saturated carbocycles. The number of anilines is 1. The Morgan fingerprint density at radius 1 is 1.03 bits per heavy atom. The van der Waals surface area contributed by atoms with Gasteiger partial charge in [-0.3, -0.25) is 9.59 Å². The van der Waals surface area contributed by atoms with E-state index < -0.39 is 0 Å². The number of fused-ring (bicyclic) bond motifs is 1. The Bertz CT molecular complexity index is 1360. The number of rotatable bonds is 4. The summed E-state index contributed by atoms with van der Waals surface area (Å²) in [6, 6.07) is 15.6. The van der Waals surface area contributed by atoms with Gasteiger partial charge in [0.1, 0.15) is 11.6 Å². The molecule has 6 nitrogen and oxygen atoms in total. The van der Waals surface area contributed by atoms with E-state index in [1.165, 1.54) is 11.3 Å². The standard InChI is InChI=1S/C24H20N4O2S2/c25-14-19-22(26-8-10-27(11-9-26)24(30)21-6-3-12-32-21)18-4-1-2-5-20(18)28(23(19)29)15-17-7-13-31-16-17/h1-7,12-13,16H,8-11,15H2. The largest absolute Gasteiger partial charge is 0.366 e. The van der Waals surface area contributed by atoms with Gasteiger partial charge in [0.15, 0.2) is 0 Å². The maximum absolute atomic E-state index is 13.4. The Balaban J connectivity index is 1.52. The second-order valence-electron chi connectivity index (χ2n) is 7.63. The highest BCUT2D eigenvalue weighted by Crippen LogP contribution is 2.30. The number of para-hydroxylation sites is 1. The zero-order valence-electron chi connectivity index (χ0n) is 17.2. The van der Waals surface area contributed by atoms with Gasteiger partial charge in [0, 0.05) is 31.6 Å². The van der Waals surface area contributed by atoms with Crippen molar-refractivity contribution in [2.75, 3.05) is 31.1 Å². The lowest BCUT2D eigenvalue weighted by Gasteiger charge is -2.37. The number of carbonyl (C=O) groups is 1. The van der Waals surface area contributed by atoms with Crippen molar-refractivity contribution in [1.82, 2.24) is 9.47 Å². The van der Waals surface area contributed by atoms with Gasteiger partial charge in [-0.25, -0.2) is 0 Å². The average Bonchev–Trinajstić information content (AvgIpc) is 3.55. The number of nitrogens with zero attached hydrogens (tertiary/aromatic N) is 4. The molecule has 4 aromatic rings. The fourth-order valence-electron chi connectivity index (χ4n) is 4.23. The number of piperazine rings is 1. The first kappa shape index (κ1) is 20.5. The van der Waals surface area contributed by atoms with Crippen molar-refractivity contribution in [3.8, 4) is 6.07 Å². The van der Waals surface area contributed by atoms with Gasteiger partial charge in [0.2, 0.25) is 0 Å². The van der Waals surface area contributed by atoms with Crippen molar-refractivity contribution in [2.45, 2.75) is 6.54 Å². The summed E-state index contributed by atoms with van der Waals surface area (Å²) in [5.41, 5.74) is 2.42. The van der Waals surface area contributed by atoms with E-state index >= 15 is 0 Å². The summed E-state index contributed by atoms with van der Waals surface area (Å²) >= 11 is 3.03. The minimum Gasteiger partial charge on any atom is -0.366 e. The molecule has 0 bridgehead atoms. The maximum Gasteiger partial charge on any atom is 0.271 e. The van der Waals surface area contributed by atoms with Crippen molar-refractivity contribution in [3.63, 3.8) is 0 Å². The first-order chi connectivity index (χ1) is 15.7. The number of amides is 1. The van der Waals surface area contributed by atoms with E-state index in [-0.39, 0.29) is 17.0 Å². The SMILES string of the molecule is N#Cc1c(N2CCN(C(=O)c3cccs3)CC2)c2ccccc2n(Cc2ccsc2)c1=O. The summed E-state index contributed by atoms with van der Waals surface area (Å²) in [4.78, 5) is 30.7. The van der Waals surface area contributed by atoms with Crippen LogP contribution >= 0.6 is 22.7 Å². The second-order valence-corrected chi connectivity index (χ2v) is 9.36. The molecule has 0 unspecified atom stereocenters. The third-order valence-corrected chi connectivity index (χ3v) is 7.38. The predicted molar refractivity (Wildman–Crippen MR) is 129 cm³/mol. The van der Waals surface area contributed by atoms with E-state index in [1.54, 1.807) is 15.9 Å². The van der Waals surface area contributed by atoms with Crippen molar-refractivity contribution < 1.29 is 4.79 Å². The van der Waals surface area contributed by atoms with Crippen LogP contribution in [0.1, 0.15) is 20.8 Å². The third kappa shape index (κ3) is 3.60. The van der Waals surface area contributed by atoms with E-state index in [0.717, 1.165) is 21.3 Å². The van der Waals surface area contributed by atoms with Gasteiger partial charge in [-0.1, -0.05) is 24.3 Å². The lowest BCUT2D eigenvalue weighted by Crippen LogP contribution is -2.49. The summed E-state index contributed by atoms with van der Waals surface area (Å²) in [7, 11) is 0. The molecule has 0 radical (unpaired) electrons. The molecule has 1 aliphatic rings. The third-order valence-electron chi connectivity index (χ3n) is 5.79. The highest BCUT2D eigenvalue weighted by Gasteiger charge is 2.27. The highest BCUT2D eigenvalue weighted by molar-refractivity contribution is 7.12. The molecule has 3 aromatic heterocycles. The molecule has 160 valence electrons. The van der Waals surface area contributed by atoms with Crippen LogP contribution in [0.25, 0.3) is 10.9 Å². The van der Waals surface area contributed by atoms with Crippen LogP contribution in [0.5, 0.6) is 0 Å². The molecular weight excluding hydrogens is 440 g/mol. The number of pyridine rings is 1. The number of aromatic nitrogens is 1. The van der Waals surface area contributed by atoms with Crippen molar-refractivity contribution >= 4 is 45.2 Å². The van der Waals surface area contributed by atoms with Crippen LogP contribution < -0.4 is 10.5 Å². The lowest BCUT2D eigenvalue weighted by molar-refractivity contribution is 0.0751. The number of hydrogen-bond acceptors (Lipinski definition) is 6. The fraction of sp³-hybridized carbons (Fsp3) is 0.208. The minimum absolute atomic E-state index is 0.0381. The van der Waals surface area contributed by atoms with Crippen LogP contribution in [-0.2, 0) is 6.54 Å². The topological polar surface area (TPSA) is 69.3 Å². The normalized spacial score (nSPS) is 14.0. The number of benzene rings is 1. The average molecular weight is 461 g/mol. The van der Waals surface area contributed by atoms with Gasteiger partial charge in [-0.2, -0.15) is 16.6 Å². The molecule has 8 heteroatoms. The molecule has 1 aromatic carbocycles. The Kier molecular flexibility index (Phi) is 5.52. The second kappa shape index (κ2) is 8.61. The van der Waals surface area contributed by atoms with Gasteiger partial charge in [-0.05, 0) is 39.9 Å². The van der Waals surface area contributed by atoms with Crippen LogP contribution in [0, 0.1) is 11.3 Å². The minimum atomic E-state index is -0.274. The molecule has 1 saturated heterocycles. The molecule has 32 heavy (non-hydrogen) atoms. The van der Waals surface area contributed by atoms with Gasteiger partial charge < -0.3 is 14.4 Å². The van der Waals surface area contributed by atoms with E-state index in [0.29, 0.717) is 38.4 Å².